The average molecular weight is 378 g/mol. The highest BCUT2D eigenvalue weighted by atomic mass is 16.5. The zero-order valence-electron chi connectivity index (χ0n) is 15.9. The van der Waals surface area contributed by atoms with Crippen LogP contribution in [0.3, 0.4) is 0 Å². The van der Waals surface area contributed by atoms with Crippen molar-refractivity contribution >= 4 is 11.7 Å². The predicted octanol–water partition coefficient (Wildman–Crippen LogP) is 3.39. The van der Waals surface area contributed by atoms with Crippen LogP contribution in [0.15, 0.2) is 54.9 Å². The fourth-order valence-corrected chi connectivity index (χ4v) is 2.78. The van der Waals surface area contributed by atoms with Gasteiger partial charge in [-0.05, 0) is 42.8 Å². The molecular weight excluding hydrogens is 356 g/mol. The Morgan fingerprint density at radius 1 is 1.14 bits per heavy atom. The van der Waals surface area contributed by atoms with Gasteiger partial charge in [0.05, 0.1) is 25.2 Å². The van der Waals surface area contributed by atoms with E-state index in [1.165, 1.54) is 7.11 Å². The number of phenolic OH excluding ortho intramolecular Hbond substituents is 1. The summed E-state index contributed by atoms with van der Waals surface area (Å²) < 4.78 is 5.15. The van der Waals surface area contributed by atoms with Crippen LogP contribution in [0.25, 0.3) is 11.3 Å². The second-order valence-electron chi connectivity index (χ2n) is 6.24. The average Bonchev–Trinajstić information content (AvgIpc) is 2.73. The molecule has 0 fully saturated rings. The Balaban J connectivity index is 1.78. The van der Waals surface area contributed by atoms with Crippen molar-refractivity contribution in [1.29, 1.82) is 0 Å². The van der Waals surface area contributed by atoms with E-state index < -0.39 is 0 Å². The highest BCUT2D eigenvalue weighted by Gasteiger charge is 2.11. The molecule has 0 saturated carbocycles. The number of amides is 1. The Bertz CT molecular complexity index is 974. The zero-order valence-corrected chi connectivity index (χ0v) is 15.9. The van der Waals surface area contributed by atoms with Gasteiger partial charge in [-0.2, -0.15) is 0 Å². The molecule has 3 N–H and O–H groups in total. The Hall–Kier alpha value is -3.61. The minimum absolute atomic E-state index is 0.0300. The maximum absolute atomic E-state index is 11.7. The van der Waals surface area contributed by atoms with Gasteiger partial charge in [0.15, 0.2) is 11.5 Å². The summed E-state index contributed by atoms with van der Waals surface area (Å²) in [6, 6.07) is 12.4. The minimum Gasteiger partial charge on any atom is -0.504 e. The third-order valence-corrected chi connectivity index (χ3v) is 4.37. The number of nitrogens with one attached hydrogen (secondary N) is 2. The number of rotatable bonds is 6. The molecule has 0 bridgehead atoms. The van der Waals surface area contributed by atoms with Crippen molar-refractivity contribution in [2.24, 2.45) is 0 Å². The molecule has 3 rings (SSSR count). The quantitative estimate of drug-likeness (QED) is 0.608. The first-order valence-corrected chi connectivity index (χ1v) is 8.80. The normalized spacial score (nSPS) is 11.5. The summed E-state index contributed by atoms with van der Waals surface area (Å²) in [5.74, 6) is 0.951. The highest BCUT2D eigenvalue weighted by molar-refractivity contribution is 5.93. The Morgan fingerprint density at radius 3 is 2.57 bits per heavy atom. The van der Waals surface area contributed by atoms with Crippen molar-refractivity contribution in [3.63, 3.8) is 0 Å². The van der Waals surface area contributed by atoms with Crippen molar-refractivity contribution in [3.8, 4) is 22.8 Å². The zero-order chi connectivity index (χ0) is 20.1. The standard InChI is InChI=1S/C21H22N4O3/c1-13(14-4-6-15(7-5-14)21(27)22-2)24-20-12-23-11-17(25-20)16-8-9-18(26)19(10-16)28-3/h4-13,26H,1-3H3,(H,22,27)(H,24,25)/t13-/m1/s1. The number of aromatic nitrogens is 2. The van der Waals surface area contributed by atoms with Gasteiger partial charge in [0, 0.05) is 24.2 Å². The maximum atomic E-state index is 11.7. The molecule has 0 unspecified atom stereocenters. The van der Waals surface area contributed by atoms with Gasteiger partial charge in [0.2, 0.25) is 0 Å². The number of methoxy groups -OCH3 is 1. The van der Waals surface area contributed by atoms with E-state index in [0.717, 1.165) is 11.1 Å². The van der Waals surface area contributed by atoms with E-state index >= 15 is 0 Å². The van der Waals surface area contributed by atoms with Gasteiger partial charge in [0.25, 0.3) is 5.91 Å². The van der Waals surface area contributed by atoms with Crippen LogP contribution >= 0.6 is 0 Å². The first-order valence-electron chi connectivity index (χ1n) is 8.80. The molecule has 1 amide bonds. The molecule has 0 saturated heterocycles. The highest BCUT2D eigenvalue weighted by Crippen LogP contribution is 2.31. The van der Waals surface area contributed by atoms with Crippen LogP contribution < -0.4 is 15.4 Å². The van der Waals surface area contributed by atoms with Crippen LogP contribution in [0, 0.1) is 0 Å². The first-order chi connectivity index (χ1) is 13.5. The molecule has 3 aromatic rings. The number of hydrogen-bond acceptors (Lipinski definition) is 6. The summed E-state index contributed by atoms with van der Waals surface area (Å²) in [6.07, 6.45) is 3.30. The van der Waals surface area contributed by atoms with Crippen molar-refractivity contribution in [1.82, 2.24) is 15.3 Å². The third kappa shape index (κ3) is 4.20. The fraction of sp³-hybridized carbons (Fsp3) is 0.190. The predicted molar refractivity (Wildman–Crippen MR) is 108 cm³/mol. The van der Waals surface area contributed by atoms with Crippen LogP contribution in [-0.4, -0.2) is 35.1 Å². The van der Waals surface area contributed by atoms with E-state index in [1.54, 1.807) is 49.8 Å². The van der Waals surface area contributed by atoms with E-state index in [4.69, 9.17) is 4.74 Å². The smallest absolute Gasteiger partial charge is 0.251 e. The summed E-state index contributed by atoms with van der Waals surface area (Å²) in [6.45, 7) is 2.01. The van der Waals surface area contributed by atoms with Crippen LogP contribution in [0.1, 0.15) is 28.9 Å². The molecule has 28 heavy (non-hydrogen) atoms. The van der Waals surface area contributed by atoms with Crippen molar-refractivity contribution in [3.05, 3.63) is 66.0 Å². The number of carbonyl (C=O) groups is 1. The number of ether oxygens (including phenoxy) is 1. The molecule has 0 spiro atoms. The molecule has 2 aromatic carbocycles. The van der Waals surface area contributed by atoms with Gasteiger partial charge in [-0.15, -0.1) is 0 Å². The summed E-state index contributed by atoms with van der Waals surface area (Å²) >= 11 is 0. The van der Waals surface area contributed by atoms with Gasteiger partial charge >= 0.3 is 0 Å². The molecule has 0 aliphatic rings. The third-order valence-electron chi connectivity index (χ3n) is 4.37. The van der Waals surface area contributed by atoms with Crippen molar-refractivity contribution in [2.75, 3.05) is 19.5 Å². The lowest BCUT2D eigenvalue weighted by Gasteiger charge is -2.16. The lowest BCUT2D eigenvalue weighted by atomic mass is 10.1. The molecular formula is C21H22N4O3. The summed E-state index contributed by atoms with van der Waals surface area (Å²) in [7, 11) is 3.11. The van der Waals surface area contributed by atoms with Crippen LogP contribution in [0.2, 0.25) is 0 Å². The van der Waals surface area contributed by atoms with Gasteiger partial charge in [-0.3, -0.25) is 9.78 Å². The lowest BCUT2D eigenvalue weighted by Crippen LogP contribution is -2.17. The van der Waals surface area contributed by atoms with E-state index in [-0.39, 0.29) is 17.7 Å². The number of carbonyl (C=O) groups excluding carboxylic acids is 1. The van der Waals surface area contributed by atoms with Gasteiger partial charge < -0.3 is 20.5 Å². The first kappa shape index (κ1) is 19.2. The molecule has 7 heteroatoms. The molecule has 1 aromatic heterocycles. The largest absolute Gasteiger partial charge is 0.504 e. The molecule has 1 atom stereocenters. The van der Waals surface area contributed by atoms with E-state index in [0.29, 0.717) is 22.8 Å². The minimum atomic E-state index is -0.116. The Labute approximate surface area is 163 Å². The topological polar surface area (TPSA) is 96.4 Å². The second-order valence-corrected chi connectivity index (χ2v) is 6.24. The number of anilines is 1. The number of nitrogens with zero attached hydrogens (tertiary/aromatic N) is 2. The SMILES string of the molecule is CNC(=O)c1ccc([C@@H](C)Nc2cncc(-c3ccc(O)c(OC)c3)n2)cc1. The molecule has 0 aliphatic carbocycles. The van der Waals surface area contributed by atoms with Crippen molar-refractivity contribution < 1.29 is 14.6 Å². The summed E-state index contributed by atoms with van der Waals surface area (Å²) in [4.78, 5) is 20.5. The maximum Gasteiger partial charge on any atom is 0.251 e. The van der Waals surface area contributed by atoms with Crippen molar-refractivity contribution in [2.45, 2.75) is 13.0 Å². The summed E-state index contributed by atoms with van der Waals surface area (Å²) in [5, 5.41) is 15.7. The van der Waals surface area contributed by atoms with Gasteiger partial charge in [-0.1, -0.05) is 12.1 Å². The van der Waals surface area contributed by atoms with E-state index in [1.807, 2.05) is 19.1 Å². The van der Waals surface area contributed by atoms with E-state index in [2.05, 4.69) is 20.6 Å². The van der Waals surface area contributed by atoms with Crippen LogP contribution in [0.4, 0.5) is 5.82 Å². The number of phenols is 1. The molecule has 1 heterocycles. The Morgan fingerprint density at radius 2 is 1.89 bits per heavy atom. The molecule has 0 aliphatic heterocycles. The van der Waals surface area contributed by atoms with Gasteiger partial charge in [-0.25, -0.2) is 4.98 Å². The molecule has 0 radical (unpaired) electrons. The Kier molecular flexibility index (Phi) is 5.74. The number of benzene rings is 2. The monoisotopic (exact) mass is 378 g/mol. The summed E-state index contributed by atoms with van der Waals surface area (Å²) in [5.41, 5.74) is 3.08. The molecule has 7 nitrogen and oxygen atoms in total. The number of hydrogen-bond donors (Lipinski definition) is 3. The molecule has 144 valence electrons. The van der Waals surface area contributed by atoms with E-state index in [9.17, 15) is 9.90 Å². The lowest BCUT2D eigenvalue weighted by molar-refractivity contribution is 0.0963. The second kappa shape index (κ2) is 8.39. The van der Waals surface area contributed by atoms with Crippen LogP contribution in [0.5, 0.6) is 11.5 Å². The fourth-order valence-electron chi connectivity index (χ4n) is 2.78. The van der Waals surface area contributed by atoms with Crippen LogP contribution in [-0.2, 0) is 0 Å². The van der Waals surface area contributed by atoms with Gasteiger partial charge in [0.1, 0.15) is 5.82 Å². The number of aromatic hydroxyl groups is 1.